The van der Waals surface area contributed by atoms with Gasteiger partial charge in [0.2, 0.25) is 0 Å². The van der Waals surface area contributed by atoms with E-state index in [9.17, 15) is 0 Å². The number of hydrogen-bond acceptors (Lipinski definition) is 2. The highest BCUT2D eigenvalue weighted by molar-refractivity contribution is 14.1. The van der Waals surface area contributed by atoms with Gasteiger partial charge in [0, 0.05) is 0 Å². The van der Waals surface area contributed by atoms with Gasteiger partial charge in [-0.3, -0.25) is 4.84 Å². The molecule has 0 saturated carbocycles. The molecule has 0 aromatic heterocycles. The molecule has 0 aliphatic carbocycles. The van der Waals surface area contributed by atoms with Gasteiger partial charge in [0.25, 0.3) is 0 Å². The van der Waals surface area contributed by atoms with E-state index in [2.05, 4.69) is 36.4 Å². The molecule has 0 aromatic carbocycles. The van der Waals surface area contributed by atoms with Crippen molar-refractivity contribution < 1.29 is 4.84 Å². The van der Waals surface area contributed by atoms with Crippen LogP contribution in [0.25, 0.3) is 0 Å². The summed E-state index contributed by atoms with van der Waals surface area (Å²) in [6.07, 6.45) is 1.92. The highest BCUT2D eigenvalue weighted by atomic mass is 127. The SMILES string of the molecule is CCC(I)(CC)ON. The first-order chi connectivity index (χ1) is 3.68. The fourth-order valence-corrected chi connectivity index (χ4v) is 0.417. The molecular formula is C5H12INO. The molecule has 0 spiro atoms. The van der Waals surface area contributed by atoms with Crippen LogP contribution >= 0.6 is 22.6 Å². The highest BCUT2D eigenvalue weighted by Gasteiger charge is 2.20. The van der Waals surface area contributed by atoms with Crippen LogP contribution in [0.3, 0.4) is 0 Å². The minimum absolute atomic E-state index is 0.127. The molecule has 0 aromatic rings. The molecule has 0 heterocycles. The molecule has 0 radical (unpaired) electrons. The summed E-state index contributed by atoms with van der Waals surface area (Å²) in [5.41, 5.74) is 0. The maximum absolute atomic E-state index is 5.02. The Hall–Kier alpha value is 0.650. The monoisotopic (exact) mass is 229 g/mol. The van der Waals surface area contributed by atoms with Crippen LogP contribution in [-0.4, -0.2) is 3.61 Å². The molecule has 0 unspecified atom stereocenters. The van der Waals surface area contributed by atoms with Gasteiger partial charge >= 0.3 is 0 Å². The molecular weight excluding hydrogens is 217 g/mol. The fourth-order valence-electron chi connectivity index (χ4n) is 0.417. The topological polar surface area (TPSA) is 35.2 Å². The van der Waals surface area contributed by atoms with Crippen LogP contribution in [0.1, 0.15) is 26.7 Å². The Bertz CT molecular complexity index is 55.2. The largest absolute Gasteiger partial charge is 0.288 e. The predicted molar refractivity (Wildman–Crippen MR) is 42.6 cm³/mol. The molecule has 8 heavy (non-hydrogen) atoms. The van der Waals surface area contributed by atoms with E-state index in [-0.39, 0.29) is 3.61 Å². The zero-order chi connectivity index (χ0) is 6.62. The first-order valence-electron chi connectivity index (χ1n) is 2.75. The summed E-state index contributed by atoms with van der Waals surface area (Å²) in [7, 11) is 0. The second kappa shape index (κ2) is 3.63. The van der Waals surface area contributed by atoms with Gasteiger partial charge in [0.15, 0.2) is 0 Å². The van der Waals surface area contributed by atoms with E-state index in [1.54, 1.807) is 0 Å². The standard InChI is InChI=1S/C5H12INO/c1-3-5(6,4-2)8-7/h3-4,7H2,1-2H3. The molecule has 2 nitrogen and oxygen atoms in total. The van der Waals surface area contributed by atoms with E-state index < -0.39 is 0 Å². The number of halogens is 1. The van der Waals surface area contributed by atoms with Crippen molar-refractivity contribution in [3.05, 3.63) is 0 Å². The number of rotatable bonds is 3. The maximum Gasteiger partial charge on any atom is 0.139 e. The number of nitrogens with two attached hydrogens (primary N) is 1. The van der Waals surface area contributed by atoms with Crippen molar-refractivity contribution in [2.75, 3.05) is 0 Å². The zero-order valence-electron chi connectivity index (χ0n) is 5.28. The normalized spacial score (nSPS) is 12.0. The van der Waals surface area contributed by atoms with Gasteiger partial charge in [-0.05, 0) is 35.4 Å². The first-order valence-corrected chi connectivity index (χ1v) is 3.83. The molecule has 0 atom stereocenters. The van der Waals surface area contributed by atoms with Crippen LogP contribution < -0.4 is 5.90 Å². The van der Waals surface area contributed by atoms with E-state index in [0.29, 0.717) is 0 Å². The van der Waals surface area contributed by atoms with Gasteiger partial charge in [0.1, 0.15) is 3.61 Å². The molecule has 0 fully saturated rings. The Morgan fingerprint density at radius 3 is 1.88 bits per heavy atom. The van der Waals surface area contributed by atoms with Gasteiger partial charge in [-0.2, -0.15) is 0 Å². The number of alkyl halides is 1. The van der Waals surface area contributed by atoms with Crippen LogP contribution in [0.5, 0.6) is 0 Å². The summed E-state index contributed by atoms with van der Waals surface area (Å²) >= 11 is 2.22. The third kappa shape index (κ3) is 2.28. The Balaban J connectivity index is 3.58. The summed E-state index contributed by atoms with van der Waals surface area (Å²) < 4.78 is -0.127. The molecule has 0 amide bonds. The molecule has 0 aliphatic heterocycles. The van der Waals surface area contributed by atoms with Crippen molar-refractivity contribution in [2.45, 2.75) is 30.3 Å². The average Bonchev–Trinajstić information content (AvgIpc) is 1.87. The predicted octanol–water partition coefficient (Wildman–Crippen LogP) is 1.83. The first kappa shape index (κ1) is 8.65. The third-order valence-corrected chi connectivity index (χ3v) is 3.05. The lowest BCUT2D eigenvalue weighted by molar-refractivity contribution is 0.0339. The smallest absolute Gasteiger partial charge is 0.139 e. The van der Waals surface area contributed by atoms with Crippen molar-refractivity contribution in [2.24, 2.45) is 5.90 Å². The molecule has 50 valence electrons. The lowest BCUT2D eigenvalue weighted by atomic mass is 10.2. The van der Waals surface area contributed by atoms with Crippen LogP contribution in [0, 0.1) is 0 Å². The van der Waals surface area contributed by atoms with Gasteiger partial charge in [-0.15, -0.1) is 0 Å². The second-order valence-corrected chi connectivity index (χ2v) is 3.67. The van der Waals surface area contributed by atoms with E-state index in [1.165, 1.54) is 0 Å². The van der Waals surface area contributed by atoms with Crippen LogP contribution in [-0.2, 0) is 4.84 Å². The van der Waals surface area contributed by atoms with E-state index in [4.69, 9.17) is 10.7 Å². The van der Waals surface area contributed by atoms with Crippen molar-refractivity contribution in [1.82, 2.24) is 0 Å². The van der Waals surface area contributed by atoms with Crippen molar-refractivity contribution in [3.63, 3.8) is 0 Å². The fraction of sp³-hybridized carbons (Fsp3) is 1.00. The minimum atomic E-state index is -0.127. The van der Waals surface area contributed by atoms with Gasteiger partial charge in [-0.1, -0.05) is 13.8 Å². The molecule has 0 aliphatic rings. The second-order valence-electron chi connectivity index (χ2n) is 1.71. The molecule has 0 saturated heterocycles. The summed E-state index contributed by atoms with van der Waals surface area (Å²) in [4.78, 5) is 4.72. The summed E-state index contributed by atoms with van der Waals surface area (Å²) in [5.74, 6) is 5.02. The van der Waals surface area contributed by atoms with E-state index >= 15 is 0 Å². The number of hydrogen-bond donors (Lipinski definition) is 1. The quantitative estimate of drug-likeness (QED) is 0.455. The summed E-state index contributed by atoms with van der Waals surface area (Å²) in [6.45, 7) is 4.12. The van der Waals surface area contributed by atoms with Crippen molar-refractivity contribution in [3.8, 4) is 0 Å². The van der Waals surface area contributed by atoms with Gasteiger partial charge in [-0.25, -0.2) is 5.90 Å². The third-order valence-electron chi connectivity index (χ3n) is 1.27. The van der Waals surface area contributed by atoms with E-state index in [0.717, 1.165) is 12.8 Å². The maximum atomic E-state index is 5.02. The Morgan fingerprint density at radius 1 is 1.50 bits per heavy atom. The minimum Gasteiger partial charge on any atom is -0.288 e. The average molecular weight is 229 g/mol. The van der Waals surface area contributed by atoms with Crippen LogP contribution in [0.4, 0.5) is 0 Å². The molecule has 0 rings (SSSR count). The zero-order valence-corrected chi connectivity index (χ0v) is 7.44. The van der Waals surface area contributed by atoms with Crippen molar-refractivity contribution >= 4 is 22.6 Å². The highest BCUT2D eigenvalue weighted by Crippen LogP contribution is 2.25. The summed E-state index contributed by atoms with van der Waals surface area (Å²) in [6, 6.07) is 0. The molecule has 2 N–H and O–H groups in total. The van der Waals surface area contributed by atoms with Gasteiger partial charge in [0.05, 0.1) is 0 Å². The lowest BCUT2D eigenvalue weighted by Gasteiger charge is -2.20. The molecule has 3 heteroatoms. The Labute approximate surface area is 63.9 Å². The van der Waals surface area contributed by atoms with Crippen molar-refractivity contribution in [1.29, 1.82) is 0 Å². The van der Waals surface area contributed by atoms with Gasteiger partial charge < -0.3 is 0 Å². The lowest BCUT2D eigenvalue weighted by Crippen LogP contribution is -2.26. The Morgan fingerprint density at radius 2 is 1.88 bits per heavy atom. The Kier molecular flexibility index (Phi) is 3.93. The van der Waals surface area contributed by atoms with Crippen LogP contribution in [0.2, 0.25) is 0 Å². The summed E-state index contributed by atoms with van der Waals surface area (Å²) in [5, 5.41) is 0. The van der Waals surface area contributed by atoms with Crippen LogP contribution in [0.15, 0.2) is 0 Å². The molecule has 0 bridgehead atoms. The van der Waals surface area contributed by atoms with E-state index in [1.807, 2.05) is 0 Å².